The van der Waals surface area contributed by atoms with Gasteiger partial charge in [0.05, 0.1) is 13.1 Å². The van der Waals surface area contributed by atoms with Gasteiger partial charge in [-0.2, -0.15) is 0 Å². The molecule has 0 aliphatic rings. The predicted molar refractivity (Wildman–Crippen MR) is 85.3 cm³/mol. The minimum absolute atomic E-state index is 0.167. The van der Waals surface area contributed by atoms with Crippen molar-refractivity contribution < 1.29 is 13.9 Å². The third-order valence-corrected chi connectivity index (χ3v) is 4.36. The first-order valence-electron chi connectivity index (χ1n) is 6.89. The molecule has 1 aromatic heterocycles. The number of hydrogen-bond acceptors (Lipinski definition) is 3. The SMILES string of the molecule is CO[C@@](C)(CNC(=O)NCc1cccs1)c1ccccc1F. The van der Waals surface area contributed by atoms with Gasteiger partial charge < -0.3 is 15.4 Å². The van der Waals surface area contributed by atoms with E-state index in [1.54, 1.807) is 36.5 Å². The molecule has 0 spiro atoms. The second-order valence-electron chi connectivity index (χ2n) is 5.03. The number of rotatable bonds is 6. The molecule has 0 bridgehead atoms. The summed E-state index contributed by atoms with van der Waals surface area (Å²) in [6.45, 7) is 2.37. The van der Waals surface area contributed by atoms with Gasteiger partial charge in [0.1, 0.15) is 11.4 Å². The number of urea groups is 1. The summed E-state index contributed by atoms with van der Waals surface area (Å²) in [7, 11) is 1.50. The van der Waals surface area contributed by atoms with Crippen LogP contribution in [0.4, 0.5) is 9.18 Å². The Hall–Kier alpha value is -1.92. The lowest BCUT2D eigenvalue weighted by Gasteiger charge is -2.29. The van der Waals surface area contributed by atoms with E-state index in [2.05, 4.69) is 10.6 Å². The van der Waals surface area contributed by atoms with E-state index in [0.717, 1.165) is 4.88 Å². The molecule has 1 heterocycles. The molecule has 1 aromatic carbocycles. The average molecular weight is 322 g/mol. The van der Waals surface area contributed by atoms with Gasteiger partial charge in [-0.3, -0.25) is 0 Å². The molecule has 0 saturated heterocycles. The summed E-state index contributed by atoms with van der Waals surface area (Å²) < 4.78 is 19.3. The zero-order valence-corrected chi connectivity index (χ0v) is 13.4. The van der Waals surface area contributed by atoms with Gasteiger partial charge in [0, 0.05) is 17.6 Å². The number of carbonyl (C=O) groups is 1. The molecule has 2 amide bonds. The van der Waals surface area contributed by atoms with E-state index in [1.807, 2.05) is 17.5 Å². The Kier molecular flexibility index (Phi) is 5.51. The van der Waals surface area contributed by atoms with Crippen LogP contribution in [0.5, 0.6) is 0 Å². The van der Waals surface area contributed by atoms with Gasteiger partial charge in [-0.25, -0.2) is 9.18 Å². The smallest absolute Gasteiger partial charge is 0.315 e. The number of halogens is 1. The normalized spacial score (nSPS) is 13.4. The number of benzene rings is 1. The van der Waals surface area contributed by atoms with Gasteiger partial charge in [0.25, 0.3) is 0 Å². The van der Waals surface area contributed by atoms with Gasteiger partial charge in [-0.1, -0.05) is 24.3 Å². The fourth-order valence-electron chi connectivity index (χ4n) is 2.06. The first kappa shape index (κ1) is 16.5. The lowest BCUT2D eigenvalue weighted by atomic mass is 9.95. The number of nitrogens with one attached hydrogen (secondary N) is 2. The van der Waals surface area contributed by atoms with Crippen molar-refractivity contribution in [2.75, 3.05) is 13.7 Å². The molecule has 2 rings (SSSR count). The van der Waals surface area contributed by atoms with E-state index in [1.165, 1.54) is 13.2 Å². The van der Waals surface area contributed by atoms with Gasteiger partial charge in [-0.05, 0) is 24.4 Å². The van der Waals surface area contributed by atoms with Crippen molar-refractivity contribution in [3.05, 3.63) is 58.0 Å². The molecule has 1 atom stereocenters. The Morgan fingerprint density at radius 2 is 2.05 bits per heavy atom. The maximum atomic E-state index is 13.9. The molecule has 4 nitrogen and oxygen atoms in total. The van der Waals surface area contributed by atoms with Crippen molar-refractivity contribution in [3.8, 4) is 0 Å². The van der Waals surface area contributed by atoms with Crippen molar-refractivity contribution in [3.63, 3.8) is 0 Å². The third kappa shape index (κ3) is 4.05. The van der Waals surface area contributed by atoms with E-state index in [4.69, 9.17) is 4.74 Å². The molecule has 0 fully saturated rings. The molecule has 0 radical (unpaired) electrons. The summed E-state index contributed by atoms with van der Waals surface area (Å²) in [5.41, 5.74) is -0.512. The van der Waals surface area contributed by atoms with Crippen molar-refractivity contribution in [1.82, 2.24) is 10.6 Å². The molecular formula is C16H19FN2O2S. The van der Waals surface area contributed by atoms with Gasteiger partial charge in [-0.15, -0.1) is 11.3 Å². The first-order valence-corrected chi connectivity index (χ1v) is 7.77. The van der Waals surface area contributed by atoms with Crippen LogP contribution in [0.2, 0.25) is 0 Å². The Morgan fingerprint density at radius 3 is 2.68 bits per heavy atom. The molecule has 22 heavy (non-hydrogen) atoms. The molecule has 0 unspecified atom stereocenters. The Balaban J connectivity index is 1.92. The van der Waals surface area contributed by atoms with Crippen molar-refractivity contribution in [2.45, 2.75) is 19.1 Å². The van der Waals surface area contributed by atoms with E-state index in [0.29, 0.717) is 12.1 Å². The van der Waals surface area contributed by atoms with Gasteiger partial charge in [0.2, 0.25) is 0 Å². The highest BCUT2D eigenvalue weighted by Gasteiger charge is 2.29. The zero-order chi connectivity index (χ0) is 16.0. The minimum atomic E-state index is -0.925. The zero-order valence-electron chi connectivity index (χ0n) is 12.6. The second kappa shape index (κ2) is 7.38. The molecule has 118 valence electrons. The molecule has 6 heteroatoms. The lowest BCUT2D eigenvalue weighted by molar-refractivity contribution is 0.00203. The predicted octanol–water partition coefficient (Wildman–Crippen LogP) is 3.25. The largest absolute Gasteiger partial charge is 0.372 e. The van der Waals surface area contributed by atoms with E-state index in [9.17, 15) is 9.18 Å². The topological polar surface area (TPSA) is 50.4 Å². The van der Waals surface area contributed by atoms with E-state index in [-0.39, 0.29) is 18.4 Å². The molecular weight excluding hydrogens is 303 g/mol. The van der Waals surface area contributed by atoms with Crippen LogP contribution in [-0.2, 0) is 16.9 Å². The molecule has 0 saturated carbocycles. The molecule has 2 aromatic rings. The van der Waals surface area contributed by atoms with Crippen molar-refractivity contribution in [1.29, 1.82) is 0 Å². The molecule has 0 aliphatic heterocycles. The number of ether oxygens (including phenoxy) is 1. The van der Waals surface area contributed by atoms with Crippen LogP contribution in [-0.4, -0.2) is 19.7 Å². The van der Waals surface area contributed by atoms with E-state index < -0.39 is 5.60 Å². The Bertz CT molecular complexity index is 618. The van der Waals surface area contributed by atoms with Crippen LogP contribution in [0.25, 0.3) is 0 Å². The summed E-state index contributed by atoms with van der Waals surface area (Å²) in [4.78, 5) is 12.9. The summed E-state index contributed by atoms with van der Waals surface area (Å²) >= 11 is 1.58. The second-order valence-corrected chi connectivity index (χ2v) is 6.06. The summed E-state index contributed by atoms with van der Waals surface area (Å²) in [6, 6.07) is 9.97. The van der Waals surface area contributed by atoms with Crippen molar-refractivity contribution >= 4 is 17.4 Å². The quantitative estimate of drug-likeness (QED) is 0.858. The lowest BCUT2D eigenvalue weighted by Crippen LogP contribution is -2.44. The highest BCUT2D eigenvalue weighted by molar-refractivity contribution is 7.09. The van der Waals surface area contributed by atoms with Crippen LogP contribution in [0.15, 0.2) is 41.8 Å². The maximum absolute atomic E-state index is 13.9. The van der Waals surface area contributed by atoms with Crippen LogP contribution in [0.1, 0.15) is 17.4 Å². The number of amides is 2. The number of carbonyl (C=O) groups excluding carboxylic acids is 1. The van der Waals surface area contributed by atoms with Crippen LogP contribution < -0.4 is 10.6 Å². The first-order chi connectivity index (χ1) is 10.5. The van der Waals surface area contributed by atoms with Crippen LogP contribution in [0.3, 0.4) is 0 Å². The highest BCUT2D eigenvalue weighted by atomic mass is 32.1. The summed E-state index contributed by atoms with van der Waals surface area (Å²) in [5, 5.41) is 7.44. The number of hydrogen-bond donors (Lipinski definition) is 2. The molecule has 2 N–H and O–H groups in total. The fraction of sp³-hybridized carbons (Fsp3) is 0.312. The molecule has 0 aliphatic carbocycles. The standard InChI is InChI=1S/C16H19FN2O2S/c1-16(21-2,13-7-3-4-8-14(13)17)11-19-15(20)18-10-12-6-5-9-22-12/h3-9H,10-11H2,1-2H3,(H2,18,19,20)/t16-/m0/s1. The van der Waals surface area contributed by atoms with E-state index >= 15 is 0 Å². The monoisotopic (exact) mass is 322 g/mol. The van der Waals surface area contributed by atoms with Crippen LogP contribution >= 0.6 is 11.3 Å². The highest BCUT2D eigenvalue weighted by Crippen LogP contribution is 2.26. The Morgan fingerprint density at radius 1 is 1.27 bits per heavy atom. The number of methoxy groups -OCH3 is 1. The minimum Gasteiger partial charge on any atom is -0.372 e. The van der Waals surface area contributed by atoms with Gasteiger partial charge in [0.15, 0.2) is 0 Å². The summed E-state index contributed by atoms with van der Waals surface area (Å²) in [5.74, 6) is -0.354. The number of thiophene rings is 1. The Labute approximate surface area is 133 Å². The third-order valence-electron chi connectivity index (χ3n) is 3.48. The van der Waals surface area contributed by atoms with Gasteiger partial charge >= 0.3 is 6.03 Å². The average Bonchev–Trinajstić information content (AvgIpc) is 3.04. The summed E-state index contributed by atoms with van der Waals surface area (Å²) in [6.07, 6.45) is 0. The van der Waals surface area contributed by atoms with Crippen molar-refractivity contribution in [2.24, 2.45) is 0 Å². The maximum Gasteiger partial charge on any atom is 0.315 e. The fourth-order valence-corrected chi connectivity index (χ4v) is 2.70. The van der Waals surface area contributed by atoms with Crippen LogP contribution in [0, 0.1) is 5.82 Å².